The first kappa shape index (κ1) is 32.0. The summed E-state index contributed by atoms with van der Waals surface area (Å²) in [6, 6.07) is 5.02. The Kier molecular flexibility index (Phi) is 21.7. The summed E-state index contributed by atoms with van der Waals surface area (Å²) in [6.07, 6.45) is 11.1. The number of hydrogen-bond donors (Lipinski definition) is 1. The van der Waals surface area contributed by atoms with Crippen LogP contribution in [0, 0.1) is 0 Å². The van der Waals surface area contributed by atoms with Crippen molar-refractivity contribution in [2.24, 2.45) is 0 Å². The third-order valence-corrected chi connectivity index (χ3v) is 5.05. The Balaban J connectivity index is -0.000000484. The number of carboxylic acid groups (broad SMARTS) is 1. The van der Waals surface area contributed by atoms with Gasteiger partial charge in [-0.3, -0.25) is 0 Å². The van der Waals surface area contributed by atoms with Crippen molar-refractivity contribution in [1.82, 2.24) is 0 Å². The molecule has 172 valence electrons. The number of carboxylic acids is 1. The maximum atomic E-state index is 10.5. The average molecular weight is 416 g/mol. The second kappa shape index (κ2) is 19.7. The molecule has 29 heavy (non-hydrogen) atoms. The molecule has 0 saturated heterocycles. The van der Waals surface area contributed by atoms with Gasteiger partial charge in [-0.05, 0) is 37.8 Å². The Morgan fingerprint density at radius 1 is 0.759 bits per heavy atom. The number of carbonyl (C=O) groups is 1. The fourth-order valence-electron chi connectivity index (χ4n) is 3.24. The fourth-order valence-corrected chi connectivity index (χ4v) is 3.24. The van der Waals surface area contributed by atoms with Crippen LogP contribution in [0.2, 0.25) is 0 Å². The highest BCUT2D eigenvalue weighted by Gasteiger charge is 2.24. The Morgan fingerprint density at radius 3 is 1.31 bits per heavy atom. The normalized spacial score (nSPS) is 10.2. The Morgan fingerprint density at radius 2 is 1.07 bits per heavy atom. The lowest BCUT2D eigenvalue weighted by atomic mass is 10.1. The first-order chi connectivity index (χ1) is 12.9. The second-order valence-corrected chi connectivity index (χ2v) is 7.48. The molecule has 0 amide bonds. The van der Waals surface area contributed by atoms with Crippen molar-refractivity contribution < 1.29 is 30.4 Å². The van der Waals surface area contributed by atoms with Crippen LogP contribution in [-0.4, -0.2) is 52.7 Å². The van der Waals surface area contributed by atoms with E-state index in [2.05, 4.69) is 27.7 Å². The average Bonchev–Trinajstić information content (AvgIpc) is 2.68. The van der Waals surface area contributed by atoms with Gasteiger partial charge in [0.2, 0.25) is 0 Å². The van der Waals surface area contributed by atoms with Crippen LogP contribution >= 0.6 is 0 Å². The summed E-state index contributed by atoms with van der Waals surface area (Å²) in [5, 5.41) is 18.8. The van der Waals surface area contributed by atoms with Crippen LogP contribution in [0.1, 0.15) is 89.4 Å². The van der Waals surface area contributed by atoms with Crippen LogP contribution in [-0.2, 0) is 0 Å². The molecular formula is C23H45NO5. The third kappa shape index (κ3) is 14.9. The van der Waals surface area contributed by atoms with E-state index >= 15 is 0 Å². The van der Waals surface area contributed by atoms with Crippen molar-refractivity contribution in [1.29, 1.82) is 0 Å². The molecule has 0 aliphatic carbocycles. The molecule has 1 aromatic rings. The molecular weight excluding hydrogens is 370 g/mol. The van der Waals surface area contributed by atoms with E-state index in [1.165, 1.54) is 106 Å². The minimum Gasteiger partial charge on any atom is -0.872 e. The van der Waals surface area contributed by atoms with Crippen LogP contribution in [0.4, 0.5) is 0 Å². The van der Waals surface area contributed by atoms with Crippen molar-refractivity contribution in [2.45, 2.75) is 79.1 Å². The molecule has 1 aromatic carbocycles. The third-order valence-electron chi connectivity index (χ3n) is 5.05. The Hall–Kier alpha value is -1.63. The van der Waals surface area contributed by atoms with Crippen molar-refractivity contribution in [3.8, 4) is 5.75 Å². The van der Waals surface area contributed by atoms with Crippen molar-refractivity contribution >= 4 is 5.97 Å². The van der Waals surface area contributed by atoms with Gasteiger partial charge in [-0.15, -0.1) is 5.75 Å². The number of aromatic carboxylic acids is 1. The smallest absolute Gasteiger partial charge is 0.335 e. The maximum absolute atomic E-state index is 10.5. The molecule has 0 unspecified atom stereocenters. The Bertz CT molecular complexity index is 453. The highest BCUT2D eigenvalue weighted by molar-refractivity contribution is 5.87. The van der Waals surface area contributed by atoms with Gasteiger partial charge in [-0.1, -0.05) is 65.5 Å². The minimum atomic E-state index is -1.01. The van der Waals surface area contributed by atoms with Gasteiger partial charge in [0, 0.05) is 0 Å². The van der Waals surface area contributed by atoms with Crippen LogP contribution < -0.4 is 5.11 Å². The summed E-state index contributed by atoms with van der Waals surface area (Å²) in [4.78, 5) is 10.2. The molecule has 0 heterocycles. The number of benzene rings is 1. The molecule has 1 rings (SSSR count). The maximum Gasteiger partial charge on any atom is 0.335 e. The summed E-state index contributed by atoms with van der Waals surface area (Å²) in [5.41, 5.74) is 0.139. The number of nitrogens with zero attached hydrogens (tertiary/aromatic N) is 1. The topological polar surface area (TPSA) is 123 Å². The van der Waals surface area contributed by atoms with E-state index in [9.17, 15) is 9.90 Å². The minimum absolute atomic E-state index is 0. The lowest BCUT2D eigenvalue weighted by molar-refractivity contribution is -0.929. The van der Waals surface area contributed by atoms with E-state index in [4.69, 9.17) is 5.11 Å². The van der Waals surface area contributed by atoms with Gasteiger partial charge in [0.25, 0.3) is 0 Å². The van der Waals surface area contributed by atoms with Gasteiger partial charge in [0.15, 0.2) is 0 Å². The summed E-state index contributed by atoms with van der Waals surface area (Å²) >= 11 is 0. The first-order valence-electron chi connectivity index (χ1n) is 10.8. The second-order valence-electron chi connectivity index (χ2n) is 7.48. The zero-order valence-electron chi connectivity index (χ0n) is 19.0. The lowest BCUT2D eigenvalue weighted by Crippen LogP contribution is -2.50. The van der Waals surface area contributed by atoms with Crippen molar-refractivity contribution in [2.75, 3.05) is 26.2 Å². The summed E-state index contributed by atoms with van der Waals surface area (Å²) < 4.78 is 1.42. The van der Waals surface area contributed by atoms with E-state index in [1.54, 1.807) is 0 Å². The molecule has 6 heteroatoms. The number of unbranched alkanes of at least 4 members (excludes halogenated alkanes) is 4. The molecule has 6 nitrogen and oxygen atoms in total. The summed E-state index contributed by atoms with van der Waals surface area (Å²) in [6.45, 7) is 15.0. The van der Waals surface area contributed by atoms with E-state index in [1.807, 2.05) is 0 Å². The quantitative estimate of drug-likeness (QED) is 0.492. The molecule has 0 aliphatic heterocycles. The van der Waals surface area contributed by atoms with Gasteiger partial charge in [0.05, 0.1) is 31.7 Å². The highest BCUT2D eigenvalue weighted by Crippen LogP contribution is 2.16. The van der Waals surface area contributed by atoms with Crippen molar-refractivity contribution in [3.63, 3.8) is 0 Å². The predicted octanol–water partition coefficient (Wildman–Crippen LogP) is 3.81. The first-order valence-corrected chi connectivity index (χ1v) is 10.8. The van der Waals surface area contributed by atoms with E-state index in [0.717, 1.165) is 0 Å². The van der Waals surface area contributed by atoms with Crippen LogP contribution in [0.5, 0.6) is 5.75 Å². The molecule has 0 aliphatic rings. The van der Waals surface area contributed by atoms with Gasteiger partial charge in [0.1, 0.15) is 0 Å². The molecule has 0 bridgehead atoms. The van der Waals surface area contributed by atoms with E-state index in [0.29, 0.717) is 0 Å². The predicted molar refractivity (Wildman–Crippen MR) is 119 cm³/mol. The SMILES string of the molecule is CCCC[N+](CCCC)(CCCC)CCCC.O.O.O=C(O)c1ccc([O-])cc1. The van der Waals surface area contributed by atoms with Gasteiger partial charge in [-0.2, -0.15) is 0 Å². The molecule has 0 aromatic heterocycles. The van der Waals surface area contributed by atoms with Gasteiger partial charge >= 0.3 is 5.97 Å². The Labute approximate surface area is 177 Å². The number of rotatable bonds is 13. The molecule has 5 N–H and O–H groups in total. The highest BCUT2D eigenvalue weighted by atomic mass is 16.4. The lowest BCUT2D eigenvalue weighted by Gasteiger charge is -2.39. The fraction of sp³-hybridized carbons (Fsp3) is 0.696. The van der Waals surface area contributed by atoms with Gasteiger partial charge < -0.3 is 25.6 Å². The summed E-state index contributed by atoms with van der Waals surface area (Å²) in [5.74, 6) is -1.19. The monoisotopic (exact) mass is 415 g/mol. The van der Waals surface area contributed by atoms with Crippen LogP contribution in [0.25, 0.3) is 0 Å². The zero-order chi connectivity index (χ0) is 20.5. The standard InChI is InChI=1S/C16H36N.C7H6O3.2H2O/c1-5-9-13-17(14-10-6-2,15-11-7-3)16-12-8-4;8-6-3-1-5(2-4-6)7(9)10;;/h5-16H2,1-4H3;1-4,8H,(H,9,10);2*1H2/q+1;;;/p-1. The molecule has 0 atom stereocenters. The zero-order valence-corrected chi connectivity index (χ0v) is 19.0. The van der Waals surface area contributed by atoms with Crippen molar-refractivity contribution in [3.05, 3.63) is 29.8 Å². The van der Waals surface area contributed by atoms with Gasteiger partial charge in [-0.25, -0.2) is 4.79 Å². The van der Waals surface area contributed by atoms with Crippen LogP contribution in [0.15, 0.2) is 24.3 Å². The summed E-state index contributed by atoms with van der Waals surface area (Å²) in [7, 11) is 0. The number of quaternary nitrogens is 1. The largest absolute Gasteiger partial charge is 0.872 e. The molecule has 0 radical (unpaired) electrons. The van der Waals surface area contributed by atoms with E-state index < -0.39 is 5.97 Å². The van der Waals surface area contributed by atoms with E-state index in [-0.39, 0.29) is 22.3 Å². The molecule has 0 saturated carbocycles. The molecule has 0 spiro atoms. The molecule has 0 fully saturated rings. The number of hydrogen-bond acceptors (Lipinski definition) is 2. The van der Waals surface area contributed by atoms with Crippen LogP contribution in [0.3, 0.4) is 0 Å².